The highest BCUT2D eigenvalue weighted by molar-refractivity contribution is 6.05. The van der Waals surface area contributed by atoms with Crippen LogP contribution in [0.25, 0.3) is 0 Å². The summed E-state index contributed by atoms with van der Waals surface area (Å²) in [7, 11) is 0. The second-order valence-electron chi connectivity index (χ2n) is 3.48. The molecule has 0 bridgehead atoms. The number of H-pyrrole nitrogens is 1. The number of aryl methyl sites for hydroxylation is 1. The summed E-state index contributed by atoms with van der Waals surface area (Å²) in [4.78, 5) is 25.2. The predicted molar refractivity (Wildman–Crippen MR) is 59.2 cm³/mol. The molecule has 0 unspecified atom stereocenters. The largest absolute Gasteiger partial charge is 0.477 e. The number of carbonyl (C=O) groups is 2. The van der Waals surface area contributed by atoms with Gasteiger partial charge in [0.15, 0.2) is 5.76 Å². The van der Waals surface area contributed by atoms with Gasteiger partial charge in [0.05, 0.1) is 12.0 Å². The molecule has 6 nitrogen and oxygen atoms in total. The topological polar surface area (TPSA) is 95.3 Å². The highest BCUT2D eigenvalue weighted by Gasteiger charge is 2.17. The first-order chi connectivity index (χ1) is 8.08. The maximum Gasteiger partial charge on any atom is 0.354 e. The van der Waals surface area contributed by atoms with Crippen molar-refractivity contribution < 1.29 is 19.1 Å². The summed E-state index contributed by atoms with van der Waals surface area (Å²) in [5, 5.41) is 11.4. The Balaban J connectivity index is 2.24. The molecule has 6 heteroatoms. The van der Waals surface area contributed by atoms with E-state index in [2.05, 4.69) is 10.3 Å². The van der Waals surface area contributed by atoms with Crippen LogP contribution in [-0.2, 0) is 0 Å². The number of aromatic nitrogens is 1. The molecule has 1 amide bonds. The van der Waals surface area contributed by atoms with Gasteiger partial charge < -0.3 is 19.8 Å². The number of carbonyl (C=O) groups excluding carboxylic acids is 1. The van der Waals surface area contributed by atoms with Crippen molar-refractivity contribution in [3.8, 4) is 0 Å². The normalized spacial score (nSPS) is 10.2. The number of furan rings is 1. The van der Waals surface area contributed by atoms with Gasteiger partial charge in [0.2, 0.25) is 0 Å². The van der Waals surface area contributed by atoms with E-state index in [1.807, 2.05) is 0 Å². The molecule has 17 heavy (non-hydrogen) atoms. The minimum absolute atomic E-state index is 0.0533. The molecule has 0 fully saturated rings. The number of anilines is 1. The van der Waals surface area contributed by atoms with Crippen molar-refractivity contribution in [2.24, 2.45) is 0 Å². The fourth-order valence-corrected chi connectivity index (χ4v) is 1.45. The predicted octanol–water partition coefficient (Wildman–Crippen LogP) is 1.87. The van der Waals surface area contributed by atoms with Crippen LogP contribution in [0.15, 0.2) is 28.9 Å². The second-order valence-corrected chi connectivity index (χ2v) is 3.48. The van der Waals surface area contributed by atoms with Crippen molar-refractivity contribution >= 4 is 17.6 Å². The van der Waals surface area contributed by atoms with Gasteiger partial charge in [0, 0.05) is 5.69 Å². The lowest BCUT2D eigenvalue weighted by Gasteiger charge is -2.01. The smallest absolute Gasteiger partial charge is 0.354 e. The quantitative estimate of drug-likeness (QED) is 0.755. The lowest BCUT2D eigenvalue weighted by molar-refractivity contribution is 0.0692. The lowest BCUT2D eigenvalue weighted by atomic mass is 10.3. The van der Waals surface area contributed by atoms with Gasteiger partial charge in [-0.05, 0) is 25.1 Å². The molecule has 0 aliphatic heterocycles. The number of hydrogen-bond acceptors (Lipinski definition) is 3. The number of aromatic carboxylic acids is 1. The van der Waals surface area contributed by atoms with E-state index in [0.717, 1.165) is 0 Å². The van der Waals surface area contributed by atoms with Crippen molar-refractivity contribution in [3.05, 3.63) is 41.6 Å². The number of carboxylic acid groups (broad SMARTS) is 1. The standard InChI is InChI=1S/C11H10N2O4/c1-6-5-7(9(12-6)11(15)16)13-10(14)8-3-2-4-17-8/h2-5,12H,1H3,(H,13,14)(H,15,16). The average Bonchev–Trinajstić information content (AvgIpc) is 2.86. The third-order valence-electron chi connectivity index (χ3n) is 2.16. The van der Waals surface area contributed by atoms with Crippen LogP contribution in [0.1, 0.15) is 26.7 Å². The van der Waals surface area contributed by atoms with Crippen molar-refractivity contribution in [1.82, 2.24) is 4.98 Å². The Morgan fingerprint density at radius 1 is 1.47 bits per heavy atom. The summed E-state index contributed by atoms with van der Waals surface area (Å²) in [6.45, 7) is 1.70. The van der Waals surface area contributed by atoms with Crippen molar-refractivity contribution in [1.29, 1.82) is 0 Å². The molecule has 0 saturated heterocycles. The summed E-state index contributed by atoms with van der Waals surface area (Å²) in [6.07, 6.45) is 1.37. The summed E-state index contributed by atoms with van der Waals surface area (Å²) < 4.78 is 4.90. The Morgan fingerprint density at radius 2 is 2.24 bits per heavy atom. The van der Waals surface area contributed by atoms with Crippen LogP contribution in [0.4, 0.5) is 5.69 Å². The van der Waals surface area contributed by atoms with Crippen LogP contribution in [-0.4, -0.2) is 22.0 Å². The number of amides is 1. The maximum absolute atomic E-state index is 11.6. The summed E-state index contributed by atoms with van der Waals surface area (Å²) >= 11 is 0. The molecule has 0 radical (unpaired) electrons. The first kappa shape index (κ1) is 11.0. The van der Waals surface area contributed by atoms with Crippen LogP contribution < -0.4 is 5.32 Å². The zero-order valence-corrected chi connectivity index (χ0v) is 8.98. The van der Waals surface area contributed by atoms with Gasteiger partial charge in [-0.15, -0.1) is 0 Å². The molecule has 0 aromatic carbocycles. The fraction of sp³-hybridized carbons (Fsp3) is 0.0909. The van der Waals surface area contributed by atoms with Crippen LogP contribution in [0.2, 0.25) is 0 Å². The van der Waals surface area contributed by atoms with Gasteiger partial charge in [-0.25, -0.2) is 4.79 Å². The maximum atomic E-state index is 11.6. The van der Waals surface area contributed by atoms with E-state index in [1.54, 1.807) is 19.1 Å². The van der Waals surface area contributed by atoms with E-state index < -0.39 is 11.9 Å². The Labute approximate surface area is 96.3 Å². The van der Waals surface area contributed by atoms with E-state index >= 15 is 0 Å². The average molecular weight is 234 g/mol. The molecule has 2 heterocycles. The Morgan fingerprint density at radius 3 is 2.82 bits per heavy atom. The van der Waals surface area contributed by atoms with Crippen molar-refractivity contribution in [2.75, 3.05) is 5.32 Å². The monoisotopic (exact) mass is 234 g/mol. The molecule has 0 atom stereocenters. The van der Waals surface area contributed by atoms with Gasteiger partial charge in [-0.2, -0.15) is 0 Å². The molecular weight excluding hydrogens is 224 g/mol. The van der Waals surface area contributed by atoms with Crippen LogP contribution in [0, 0.1) is 6.92 Å². The van der Waals surface area contributed by atoms with Gasteiger partial charge in [0.1, 0.15) is 5.69 Å². The van der Waals surface area contributed by atoms with E-state index in [-0.39, 0.29) is 17.1 Å². The molecule has 0 spiro atoms. The number of nitrogens with one attached hydrogen (secondary N) is 2. The first-order valence-electron chi connectivity index (χ1n) is 4.85. The summed E-state index contributed by atoms with van der Waals surface area (Å²) in [6, 6.07) is 4.62. The number of carboxylic acids is 1. The SMILES string of the molecule is Cc1cc(NC(=O)c2ccco2)c(C(=O)O)[nH]1. The molecule has 0 saturated carbocycles. The Kier molecular flexibility index (Phi) is 2.70. The molecule has 2 aromatic heterocycles. The highest BCUT2D eigenvalue weighted by atomic mass is 16.4. The zero-order chi connectivity index (χ0) is 12.4. The number of rotatable bonds is 3. The number of hydrogen-bond donors (Lipinski definition) is 3. The number of aromatic amines is 1. The van der Waals surface area contributed by atoms with Gasteiger partial charge >= 0.3 is 5.97 Å². The molecule has 0 aliphatic carbocycles. The molecule has 2 rings (SSSR count). The summed E-state index contributed by atoms with van der Waals surface area (Å²) in [5.74, 6) is -1.50. The molecule has 88 valence electrons. The van der Waals surface area contributed by atoms with Crippen LogP contribution >= 0.6 is 0 Å². The fourth-order valence-electron chi connectivity index (χ4n) is 1.45. The van der Waals surface area contributed by atoms with Gasteiger partial charge in [-0.3, -0.25) is 4.79 Å². The highest BCUT2D eigenvalue weighted by Crippen LogP contribution is 2.17. The van der Waals surface area contributed by atoms with Crippen LogP contribution in [0.5, 0.6) is 0 Å². The lowest BCUT2D eigenvalue weighted by Crippen LogP contribution is -2.13. The van der Waals surface area contributed by atoms with E-state index in [4.69, 9.17) is 9.52 Å². The van der Waals surface area contributed by atoms with Crippen molar-refractivity contribution in [3.63, 3.8) is 0 Å². The Hall–Kier alpha value is -2.50. The van der Waals surface area contributed by atoms with E-state index in [9.17, 15) is 9.59 Å². The van der Waals surface area contributed by atoms with Gasteiger partial charge in [0.25, 0.3) is 5.91 Å². The van der Waals surface area contributed by atoms with Crippen molar-refractivity contribution in [2.45, 2.75) is 6.92 Å². The third-order valence-corrected chi connectivity index (χ3v) is 2.16. The zero-order valence-electron chi connectivity index (χ0n) is 8.98. The van der Waals surface area contributed by atoms with Crippen LogP contribution in [0.3, 0.4) is 0 Å². The molecule has 3 N–H and O–H groups in total. The van der Waals surface area contributed by atoms with E-state index in [1.165, 1.54) is 12.3 Å². The molecule has 0 aliphatic rings. The molecule has 2 aromatic rings. The first-order valence-corrected chi connectivity index (χ1v) is 4.85. The second kappa shape index (κ2) is 4.17. The summed E-state index contributed by atoms with van der Waals surface area (Å²) in [5.41, 5.74) is 0.816. The minimum Gasteiger partial charge on any atom is -0.477 e. The molecular formula is C11H10N2O4. The van der Waals surface area contributed by atoms with Gasteiger partial charge in [-0.1, -0.05) is 0 Å². The van der Waals surface area contributed by atoms with E-state index in [0.29, 0.717) is 5.69 Å². The minimum atomic E-state index is -1.13. The Bertz CT molecular complexity index is 554. The third kappa shape index (κ3) is 2.20.